The first-order valence-corrected chi connectivity index (χ1v) is 11.0. The fourth-order valence-electron chi connectivity index (χ4n) is 3.39. The van der Waals surface area contributed by atoms with Crippen LogP contribution in [-0.4, -0.2) is 70.6 Å². The second kappa shape index (κ2) is 9.81. The lowest BCUT2D eigenvalue weighted by atomic mass is 10.3. The highest BCUT2D eigenvalue weighted by atomic mass is 35.5. The second-order valence-electron chi connectivity index (χ2n) is 7.59. The van der Waals surface area contributed by atoms with E-state index in [-0.39, 0.29) is 6.61 Å². The van der Waals surface area contributed by atoms with Gasteiger partial charge in [-0.1, -0.05) is 23.2 Å². The molecule has 11 heteroatoms. The molecule has 0 unspecified atom stereocenters. The summed E-state index contributed by atoms with van der Waals surface area (Å²) in [4.78, 5) is 34.9. The lowest BCUT2D eigenvalue weighted by Crippen LogP contribution is -2.30. The minimum Gasteiger partial charge on any atom is -0.482 e. The van der Waals surface area contributed by atoms with E-state index in [0.29, 0.717) is 44.4 Å². The topological polar surface area (TPSA) is 96.4 Å². The number of ether oxygens (including phenoxy) is 1. The van der Waals surface area contributed by atoms with Crippen molar-refractivity contribution in [1.82, 2.24) is 24.8 Å². The number of halogens is 2. The second-order valence-corrected chi connectivity index (χ2v) is 8.44. The van der Waals surface area contributed by atoms with E-state index in [9.17, 15) is 4.79 Å². The van der Waals surface area contributed by atoms with Gasteiger partial charge in [0.25, 0.3) is 5.91 Å². The predicted octanol–water partition coefficient (Wildman–Crippen LogP) is 3.19. The van der Waals surface area contributed by atoms with E-state index in [1.807, 2.05) is 6.92 Å². The number of fused-ring (bicyclic) bond motifs is 1. The zero-order chi connectivity index (χ0) is 22.7. The van der Waals surface area contributed by atoms with E-state index >= 15 is 0 Å². The fourth-order valence-corrected chi connectivity index (χ4v) is 3.86. The largest absolute Gasteiger partial charge is 0.482 e. The highest BCUT2D eigenvalue weighted by Crippen LogP contribution is 2.27. The van der Waals surface area contributed by atoms with E-state index < -0.39 is 5.91 Å². The number of anilines is 2. The molecule has 1 aromatic carbocycles. The van der Waals surface area contributed by atoms with Crippen molar-refractivity contribution in [3.05, 3.63) is 40.1 Å². The van der Waals surface area contributed by atoms with Crippen LogP contribution in [0.25, 0.3) is 11.2 Å². The maximum absolute atomic E-state index is 12.3. The van der Waals surface area contributed by atoms with Crippen LogP contribution in [0.5, 0.6) is 5.75 Å². The number of aromatic nitrogens is 4. The van der Waals surface area contributed by atoms with Crippen LogP contribution in [-0.2, 0) is 4.79 Å². The molecule has 0 bridgehead atoms. The number of carbonyl (C=O) groups excluding carboxylic acids is 1. The lowest BCUT2D eigenvalue weighted by molar-refractivity contribution is -0.118. The number of rotatable bonds is 5. The van der Waals surface area contributed by atoms with Crippen molar-refractivity contribution >= 4 is 52.0 Å². The van der Waals surface area contributed by atoms with Gasteiger partial charge < -0.3 is 19.9 Å². The standard InChI is InChI=1S/C21H23Cl2N7O2/c1-13-19-20(28-21(25-13)30-7-3-6-29(2)8-9-30)24-11-17(27-19)26-18(31)12-32-16-5-4-14(22)10-15(16)23/h4-5,10-11H,3,6-9,12H2,1-2H3,(H,26,27,31). The summed E-state index contributed by atoms with van der Waals surface area (Å²) in [6.45, 7) is 5.40. The van der Waals surface area contributed by atoms with Gasteiger partial charge in [-0.05, 0) is 45.1 Å². The summed E-state index contributed by atoms with van der Waals surface area (Å²) < 4.78 is 5.45. The molecule has 0 saturated carbocycles. The molecule has 1 saturated heterocycles. The summed E-state index contributed by atoms with van der Waals surface area (Å²) in [7, 11) is 2.12. The van der Waals surface area contributed by atoms with E-state index in [1.165, 1.54) is 6.20 Å². The Labute approximate surface area is 195 Å². The number of amides is 1. The Hall–Kier alpha value is -2.75. The molecule has 3 heterocycles. The van der Waals surface area contributed by atoms with Crippen LogP contribution in [0.3, 0.4) is 0 Å². The molecule has 1 amide bonds. The number of nitrogens with one attached hydrogen (secondary N) is 1. The Morgan fingerprint density at radius 2 is 2.00 bits per heavy atom. The van der Waals surface area contributed by atoms with Gasteiger partial charge in [0.1, 0.15) is 11.3 Å². The summed E-state index contributed by atoms with van der Waals surface area (Å²) in [6.07, 6.45) is 2.53. The zero-order valence-electron chi connectivity index (χ0n) is 17.8. The number of aryl methyl sites for hydroxylation is 1. The van der Waals surface area contributed by atoms with Crippen LogP contribution in [0.1, 0.15) is 12.1 Å². The highest BCUT2D eigenvalue weighted by Gasteiger charge is 2.18. The summed E-state index contributed by atoms with van der Waals surface area (Å²) in [5.74, 6) is 0.926. The van der Waals surface area contributed by atoms with Crippen LogP contribution < -0.4 is 15.0 Å². The molecule has 9 nitrogen and oxygen atoms in total. The number of hydrogen-bond acceptors (Lipinski definition) is 8. The normalized spacial score (nSPS) is 14.9. The van der Waals surface area contributed by atoms with Crippen LogP contribution in [0.15, 0.2) is 24.4 Å². The van der Waals surface area contributed by atoms with Gasteiger partial charge >= 0.3 is 0 Å². The average molecular weight is 476 g/mol. The quantitative estimate of drug-likeness (QED) is 0.600. The molecule has 1 aliphatic heterocycles. The maximum Gasteiger partial charge on any atom is 0.263 e. The van der Waals surface area contributed by atoms with Crippen molar-refractivity contribution in [2.75, 3.05) is 50.1 Å². The lowest BCUT2D eigenvalue weighted by Gasteiger charge is -2.21. The Bertz CT molecular complexity index is 1140. The number of carbonyl (C=O) groups is 1. The van der Waals surface area contributed by atoms with Gasteiger partial charge in [-0.2, -0.15) is 4.98 Å². The molecular weight excluding hydrogens is 453 g/mol. The molecule has 1 N–H and O–H groups in total. The molecule has 1 aliphatic rings. The van der Waals surface area contributed by atoms with Gasteiger partial charge in [-0.15, -0.1) is 0 Å². The molecule has 0 spiro atoms. The van der Waals surface area contributed by atoms with Gasteiger partial charge in [0.15, 0.2) is 18.1 Å². The summed E-state index contributed by atoms with van der Waals surface area (Å²) in [6, 6.07) is 4.79. The molecule has 3 aromatic rings. The van der Waals surface area contributed by atoms with E-state index in [4.69, 9.17) is 27.9 Å². The number of hydrogen-bond donors (Lipinski definition) is 1. The minimum atomic E-state index is -0.395. The fraction of sp³-hybridized carbons (Fsp3) is 0.381. The maximum atomic E-state index is 12.3. The number of nitrogens with zero attached hydrogens (tertiary/aromatic N) is 6. The van der Waals surface area contributed by atoms with Gasteiger partial charge in [-0.25, -0.2) is 15.0 Å². The van der Waals surface area contributed by atoms with Crippen molar-refractivity contribution in [1.29, 1.82) is 0 Å². The SMILES string of the molecule is Cc1nc(N2CCCN(C)CC2)nc2ncc(NC(=O)COc3ccc(Cl)cc3Cl)nc12. The first-order valence-electron chi connectivity index (χ1n) is 10.2. The minimum absolute atomic E-state index is 0.237. The third kappa shape index (κ3) is 5.35. The molecule has 0 radical (unpaired) electrons. The first-order chi connectivity index (χ1) is 15.4. The molecular formula is C21H23Cl2N7O2. The third-order valence-corrected chi connectivity index (χ3v) is 5.62. The number of benzene rings is 1. The molecule has 168 valence electrons. The molecule has 32 heavy (non-hydrogen) atoms. The van der Waals surface area contributed by atoms with Gasteiger partial charge in [0.05, 0.1) is 16.9 Å². The molecule has 0 aliphatic carbocycles. The number of likely N-dealkylation sites (N-methyl/N-ethyl adjacent to an activating group) is 1. The smallest absolute Gasteiger partial charge is 0.263 e. The first kappa shape index (κ1) is 22.4. The Kier molecular flexibility index (Phi) is 6.88. The van der Waals surface area contributed by atoms with Crippen LogP contribution in [0, 0.1) is 6.92 Å². The molecule has 1 fully saturated rings. The van der Waals surface area contributed by atoms with E-state index in [1.54, 1.807) is 18.2 Å². The molecule has 0 atom stereocenters. The van der Waals surface area contributed by atoms with E-state index in [2.05, 4.69) is 42.1 Å². The summed E-state index contributed by atoms with van der Waals surface area (Å²) >= 11 is 11.9. The van der Waals surface area contributed by atoms with Crippen molar-refractivity contribution < 1.29 is 9.53 Å². The summed E-state index contributed by atoms with van der Waals surface area (Å²) in [5, 5.41) is 3.49. The monoisotopic (exact) mass is 475 g/mol. The molecule has 4 rings (SSSR count). The summed E-state index contributed by atoms with van der Waals surface area (Å²) in [5.41, 5.74) is 1.74. The molecule has 2 aromatic heterocycles. The Balaban J connectivity index is 1.45. The van der Waals surface area contributed by atoms with Gasteiger partial charge in [0, 0.05) is 24.7 Å². The van der Waals surface area contributed by atoms with Crippen LogP contribution in [0.2, 0.25) is 10.0 Å². The highest BCUT2D eigenvalue weighted by molar-refractivity contribution is 6.35. The van der Waals surface area contributed by atoms with Crippen molar-refractivity contribution in [2.45, 2.75) is 13.3 Å². The average Bonchev–Trinajstić information content (AvgIpc) is 2.98. The van der Waals surface area contributed by atoms with Gasteiger partial charge in [-0.3, -0.25) is 4.79 Å². The predicted molar refractivity (Wildman–Crippen MR) is 125 cm³/mol. The van der Waals surface area contributed by atoms with Crippen LogP contribution in [0.4, 0.5) is 11.8 Å². The van der Waals surface area contributed by atoms with Crippen LogP contribution >= 0.6 is 23.2 Å². The van der Waals surface area contributed by atoms with Gasteiger partial charge in [0.2, 0.25) is 5.95 Å². The van der Waals surface area contributed by atoms with E-state index in [0.717, 1.165) is 32.6 Å². The Morgan fingerprint density at radius 1 is 1.16 bits per heavy atom. The van der Waals surface area contributed by atoms with Crippen molar-refractivity contribution in [3.63, 3.8) is 0 Å². The van der Waals surface area contributed by atoms with Crippen molar-refractivity contribution in [2.24, 2.45) is 0 Å². The third-order valence-electron chi connectivity index (χ3n) is 5.09. The Morgan fingerprint density at radius 3 is 2.81 bits per heavy atom. The van der Waals surface area contributed by atoms with Crippen molar-refractivity contribution in [3.8, 4) is 5.75 Å². The zero-order valence-corrected chi connectivity index (χ0v) is 19.3.